The standard InChI is InChI=1S/C23H24Cl2N6/c1-15(2)27-22-23(29-21-11-16(13-26)3-6-20(21)28-22)31-9-7-30(8-10-31)14-17-12-18(24)4-5-19(17)25/h3-6,11-12,15H,7-10,14H2,1-2H3,(H,27,28). The molecule has 0 bridgehead atoms. The number of hydrogen-bond acceptors (Lipinski definition) is 6. The van der Waals surface area contributed by atoms with Gasteiger partial charge in [-0.2, -0.15) is 5.26 Å². The number of fused-ring (bicyclic) bond motifs is 1. The minimum Gasteiger partial charge on any atom is -0.365 e. The van der Waals surface area contributed by atoms with Gasteiger partial charge in [0.25, 0.3) is 0 Å². The Balaban J connectivity index is 1.55. The van der Waals surface area contributed by atoms with Gasteiger partial charge in [0.2, 0.25) is 0 Å². The Kier molecular flexibility index (Phi) is 6.47. The maximum Gasteiger partial charge on any atom is 0.172 e. The van der Waals surface area contributed by atoms with Crippen LogP contribution in [0.1, 0.15) is 25.0 Å². The van der Waals surface area contributed by atoms with Crippen LogP contribution < -0.4 is 10.2 Å². The Morgan fingerprint density at radius 2 is 1.81 bits per heavy atom. The molecule has 4 rings (SSSR count). The molecule has 6 nitrogen and oxygen atoms in total. The molecule has 1 saturated heterocycles. The summed E-state index contributed by atoms with van der Waals surface area (Å²) >= 11 is 12.5. The Hall–Kier alpha value is -2.59. The van der Waals surface area contributed by atoms with E-state index in [9.17, 15) is 5.26 Å². The third-order valence-electron chi connectivity index (χ3n) is 5.27. The van der Waals surface area contributed by atoms with E-state index in [1.165, 1.54) is 0 Å². The number of nitriles is 1. The molecule has 0 atom stereocenters. The van der Waals surface area contributed by atoms with E-state index in [0.29, 0.717) is 10.6 Å². The Morgan fingerprint density at radius 1 is 1.03 bits per heavy atom. The summed E-state index contributed by atoms with van der Waals surface area (Å²) in [7, 11) is 0. The Bertz CT molecular complexity index is 1130. The molecule has 1 aromatic heterocycles. The summed E-state index contributed by atoms with van der Waals surface area (Å²) in [5.74, 6) is 1.61. The zero-order valence-corrected chi connectivity index (χ0v) is 19.1. The molecule has 2 heterocycles. The molecule has 31 heavy (non-hydrogen) atoms. The number of anilines is 2. The van der Waals surface area contributed by atoms with Crippen LogP contribution in [-0.2, 0) is 6.54 Å². The van der Waals surface area contributed by atoms with Crippen LogP contribution >= 0.6 is 23.2 Å². The van der Waals surface area contributed by atoms with E-state index in [1.54, 1.807) is 12.1 Å². The smallest absolute Gasteiger partial charge is 0.172 e. The van der Waals surface area contributed by atoms with Crippen LogP contribution in [0.2, 0.25) is 10.0 Å². The molecule has 160 valence electrons. The topological polar surface area (TPSA) is 68.1 Å². The van der Waals surface area contributed by atoms with Gasteiger partial charge in [0, 0.05) is 48.8 Å². The van der Waals surface area contributed by atoms with Crippen LogP contribution in [0, 0.1) is 11.3 Å². The van der Waals surface area contributed by atoms with E-state index >= 15 is 0 Å². The van der Waals surface area contributed by atoms with Gasteiger partial charge < -0.3 is 10.2 Å². The zero-order chi connectivity index (χ0) is 22.0. The van der Waals surface area contributed by atoms with Gasteiger partial charge in [0.05, 0.1) is 22.7 Å². The van der Waals surface area contributed by atoms with Crippen LogP contribution in [0.4, 0.5) is 11.6 Å². The van der Waals surface area contributed by atoms with E-state index < -0.39 is 0 Å². The van der Waals surface area contributed by atoms with Crippen molar-refractivity contribution in [2.75, 3.05) is 36.4 Å². The van der Waals surface area contributed by atoms with Crippen LogP contribution in [0.15, 0.2) is 36.4 Å². The van der Waals surface area contributed by atoms with Crippen LogP contribution in [0.5, 0.6) is 0 Å². The minimum atomic E-state index is 0.232. The fourth-order valence-electron chi connectivity index (χ4n) is 3.73. The number of halogens is 2. The lowest BCUT2D eigenvalue weighted by atomic mass is 10.2. The summed E-state index contributed by atoms with van der Waals surface area (Å²) < 4.78 is 0. The van der Waals surface area contributed by atoms with Gasteiger partial charge in [-0.25, -0.2) is 9.97 Å². The van der Waals surface area contributed by atoms with E-state index in [-0.39, 0.29) is 6.04 Å². The molecule has 1 fully saturated rings. The van der Waals surface area contributed by atoms with Gasteiger partial charge in [0.15, 0.2) is 11.6 Å². The first kappa shape index (κ1) is 21.6. The lowest BCUT2D eigenvalue weighted by molar-refractivity contribution is 0.249. The van der Waals surface area contributed by atoms with Crippen molar-refractivity contribution in [1.82, 2.24) is 14.9 Å². The molecular weight excluding hydrogens is 431 g/mol. The highest BCUT2D eigenvalue weighted by Gasteiger charge is 2.23. The summed E-state index contributed by atoms with van der Waals surface area (Å²) in [5, 5.41) is 14.1. The monoisotopic (exact) mass is 454 g/mol. The Morgan fingerprint density at radius 3 is 2.52 bits per heavy atom. The third-order valence-corrected chi connectivity index (χ3v) is 5.88. The zero-order valence-electron chi connectivity index (χ0n) is 17.6. The molecule has 0 amide bonds. The quantitative estimate of drug-likeness (QED) is 0.587. The predicted molar refractivity (Wildman–Crippen MR) is 127 cm³/mol. The van der Waals surface area contributed by atoms with Crippen molar-refractivity contribution in [3.63, 3.8) is 0 Å². The lowest BCUT2D eigenvalue weighted by Gasteiger charge is -2.36. The summed E-state index contributed by atoms with van der Waals surface area (Å²) in [6.45, 7) is 8.33. The third kappa shape index (κ3) is 5.01. The number of nitrogens with one attached hydrogen (secondary N) is 1. The highest BCUT2D eigenvalue weighted by atomic mass is 35.5. The number of aromatic nitrogens is 2. The molecule has 0 spiro atoms. The van der Waals surface area contributed by atoms with E-state index in [4.69, 9.17) is 33.2 Å². The molecule has 0 aliphatic carbocycles. The molecule has 0 saturated carbocycles. The second kappa shape index (κ2) is 9.27. The van der Waals surface area contributed by atoms with Gasteiger partial charge in [-0.05, 0) is 55.8 Å². The summed E-state index contributed by atoms with van der Waals surface area (Å²) in [6, 6.07) is 13.4. The van der Waals surface area contributed by atoms with Crippen molar-refractivity contribution in [3.05, 3.63) is 57.6 Å². The minimum absolute atomic E-state index is 0.232. The molecule has 0 unspecified atom stereocenters. The molecule has 1 aliphatic heterocycles. The van der Waals surface area contributed by atoms with Gasteiger partial charge >= 0.3 is 0 Å². The number of rotatable bonds is 5. The van der Waals surface area contributed by atoms with Gasteiger partial charge in [-0.15, -0.1) is 0 Å². The largest absolute Gasteiger partial charge is 0.365 e. The second-order valence-corrected chi connectivity index (χ2v) is 8.85. The van der Waals surface area contributed by atoms with Crippen molar-refractivity contribution in [2.45, 2.75) is 26.4 Å². The van der Waals surface area contributed by atoms with Crippen molar-refractivity contribution < 1.29 is 0 Å². The molecule has 1 N–H and O–H groups in total. The molecule has 1 aliphatic rings. The van der Waals surface area contributed by atoms with Crippen LogP contribution in [-0.4, -0.2) is 47.1 Å². The average molecular weight is 455 g/mol. The summed E-state index contributed by atoms with van der Waals surface area (Å²) in [6.07, 6.45) is 0. The van der Waals surface area contributed by atoms with Crippen LogP contribution in [0.3, 0.4) is 0 Å². The lowest BCUT2D eigenvalue weighted by Crippen LogP contribution is -2.46. The van der Waals surface area contributed by atoms with Crippen molar-refractivity contribution >= 4 is 45.9 Å². The van der Waals surface area contributed by atoms with Gasteiger partial charge in [-0.3, -0.25) is 4.90 Å². The van der Waals surface area contributed by atoms with E-state index in [0.717, 1.165) is 66.0 Å². The first-order valence-corrected chi connectivity index (χ1v) is 11.1. The second-order valence-electron chi connectivity index (χ2n) is 8.01. The maximum atomic E-state index is 9.23. The summed E-state index contributed by atoms with van der Waals surface area (Å²) in [4.78, 5) is 14.3. The number of hydrogen-bond donors (Lipinski definition) is 1. The molecule has 8 heteroatoms. The van der Waals surface area contributed by atoms with Crippen molar-refractivity contribution in [1.29, 1.82) is 5.26 Å². The van der Waals surface area contributed by atoms with Crippen molar-refractivity contribution in [3.8, 4) is 6.07 Å². The first-order valence-electron chi connectivity index (χ1n) is 10.3. The van der Waals surface area contributed by atoms with Crippen molar-refractivity contribution in [2.24, 2.45) is 0 Å². The predicted octanol–water partition coefficient (Wildman–Crippen LogP) is 4.95. The van der Waals surface area contributed by atoms with E-state index in [2.05, 4.69) is 35.0 Å². The molecule has 3 aromatic rings. The normalized spacial score (nSPS) is 14.8. The average Bonchev–Trinajstić information content (AvgIpc) is 2.76. The van der Waals surface area contributed by atoms with E-state index in [1.807, 2.05) is 24.3 Å². The fourth-order valence-corrected chi connectivity index (χ4v) is 4.10. The van der Waals surface area contributed by atoms with Gasteiger partial charge in [0.1, 0.15) is 0 Å². The number of benzene rings is 2. The molecule has 2 aromatic carbocycles. The van der Waals surface area contributed by atoms with Gasteiger partial charge in [-0.1, -0.05) is 23.2 Å². The number of piperazine rings is 1. The fraction of sp³-hybridized carbons (Fsp3) is 0.348. The highest BCUT2D eigenvalue weighted by Crippen LogP contribution is 2.28. The SMILES string of the molecule is CC(C)Nc1nc2ccc(C#N)cc2nc1N1CCN(Cc2cc(Cl)ccc2Cl)CC1. The Labute approximate surface area is 192 Å². The molecule has 0 radical (unpaired) electrons. The first-order chi connectivity index (χ1) is 14.9. The number of nitrogens with zero attached hydrogens (tertiary/aromatic N) is 5. The van der Waals surface area contributed by atoms with Crippen LogP contribution in [0.25, 0.3) is 11.0 Å². The highest BCUT2D eigenvalue weighted by molar-refractivity contribution is 6.33. The molecular formula is C23H24Cl2N6. The maximum absolute atomic E-state index is 9.23. The summed E-state index contributed by atoms with van der Waals surface area (Å²) in [5.41, 5.74) is 3.14.